The van der Waals surface area contributed by atoms with Crippen molar-refractivity contribution in [3.63, 3.8) is 0 Å². The molecule has 0 aromatic rings. The molecule has 2 unspecified atom stereocenters. The van der Waals surface area contributed by atoms with Gasteiger partial charge in [-0.15, -0.1) is 12.3 Å². The standard InChI is InChI=1S/C9H16O/c1-4-5-6-7-8(2)9(3)10/h1,8-10H,5-7H2,2-3H3. The third-order valence-electron chi connectivity index (χ3n) is 1.80. The maximum absolute atomic E-state index is 9.07. The topological polar surface area (TPSA) is 20.2 Å². The van der Waals surface area contributed by atoms with Crippen molar-refractivity contribution in [1.82, 2.24) is 0 Å². The van der Waals surface area contributed by atoms with Crippen LogP contribution in [0.5, 0.6) is 0 Å². The van der Waals surface area contributed by atoms with Crippen molar-refractivity contribution in [3.8, 4) is 12.3 Å². The van der Waals surface area contributed by atoms with E-state index in [1.807, 2.05) is 13.8 Å². The summed E-state index contributed by atoms with van der Waals surface area (Å²) in [5.41, 5.74) is 0. The van der Waals surface area contributed by atoms with Gasteiger partial charge in [0.25, 0.3) is 0 Å². The average molecular weight is 140 g/mol. The van der Waals surface area contributed by atoms with Gasteiger partial charge >= 0.3 is 0 Å². The first-order chi connectivity index (χ1) is 4.68. The smallest absolute Gasteiger partial charge is 0.0537 e. The molecular formula is C9H16O. The van der Waals surface area contributed by atoms with Crippen LogP contribution in [0.25, 0.3) is 0 Å². The Balaban J connectivity index is 3.23. The van der Waals surface area contributed by atoms with E-state index in [2.05, 4.69) is 5.92 Å². The number of hydrogen-bond donors (Lipinski definition) is 1. The molecule has 2 atom stereocenters. The minimum atomic E-state index is -0.197. The summed E-state index contributed by atoms with van der Waals surface area (Å²) < 4.78 is 0. The third kappa shape index (κ3) is 4.40. The van der Waals surface area contributed by atoms with Gasteiger partial charge in [-0.3, -0.25) is 0 Å². The van der Waals surface area contributed by atoms with E-state index in [4.69, 9.17) is 11.5 Å². The van der Waals surface area contributed by atoms with Crippen LogP contribution in [-0.2, 0) is 0 Å². The van der Waals surface area contributed by atoms with E-state index in [1.165, 1.54) is 0 Å². The lowest BCUT2D eigenvalue weighted by molar-refractivity contribution is 0.129. The van der Waals surface area contributed by atoms with Crippen LogP contribution in [0.2, 0.25) is 0 Å². The molecule has 0 aromatic heterocycles. The molecule has 0 rings (SSSR count). The molecule has 0 fully saturated rings. The lowest BCUT2D eigenvalue weighted by atomic mass is 9.99. The Bertz CT molecular complexity index is 110. The molecule has 1 N–H and O–H groups in total. The van der Waals surface area contributed by atoms with Crippen LogP contribution in [0.15, 0.2) is 0 Å². The van der Waals surface area contributed by atoms with Crippen molar-refractivity contribution in [1.29, 1.82) is 0 Å². The van der Waals surface area contributed by atoms with Gasteiger partial charge in [0.1, 0.15) is 0 Å². The first kappa shape index (κ1) is 9.52. The second kappa shape index (κ2) is 5.32. The highest BCUT2D eigenvalue weighted by Gasteiger charge is 2.06. The Morgan fingerprint density at radius 3 is 2.50 bits per heavy atom. The second-order valence-corrected chi connectivity index (χ2v) is 2.81. The molecule has 0 amide bonds. The monoisotopic (exact) mass is 140 g/mol. The molecule has 0 aliphatic heterocycles. The fraction of sp³-hybridized carbons (Fsp3) is 0.778. The zero-order valence-corrected chi connectivity index (χ0v) is 6.80. The molecule has 0 aliphatic carbocycles. The van der Waals surface area contributed by atoms with Gasteiger partial charge in [0.15, 0.2) is 0 Å². The van der Waals surface area contributed by atoms with Gasteiger partial charge in [-0.1, -0.05) is 6.92 Å². The maximum Gasteiger partial charge on any atom is 0.0537 e. The van der Waals surface area contributed by atoms with Gasteiger partial charge in [0.05, 0.1) is 6.10 Å². The molecule has 0 saturated heterocycles. The molecule has 0 bridgehead atoms. The third-order valence-corrected chi connectivity index (χ3v) is 1.80. The zero-order chi connectivity index (χ0) is 7.98. The van der Waals surface area contributed by atoms with Crippen molar-refractivity contribution in [2.75, 3.05) is 0 Å². The van der Waals surface area contributed by atoms with Crippen LogP contribution < -0.4 is 0 Å². The van der Waals surface area contributed by atoms with E-state index in [-0.39, 0.29) is 6.10 Å². The molecule has 0 aliphatic rings. The summed E-state index contributed by atoms with van der Waals surface area (Å²) in [5, 5.41) is 9.07. The predicted octanol–water partition coefficient (Wildman–Crippen LogP) is 1.81. The summed E-state index contributed by atoms with van der Waals surface area (Å²) in [6.45, 7) is 3.86. The summed E-state index contributed by atoms with van der Waals surface area (Å²) >= 11 is 0. The molecule has 0 saturated carbocycles. The Morgan fingerprint density at radius 1 is 1.50 bits per heavy atom. The van der Waals surface area contributed by atoms with Crippen molar-refractivity contribution >= 4 is 0 Å². The molecule has 1 nitrogen and oxygen atoms in total. The zero-order valence-electron chi connectivity index (χ0n) is 6.80. The lowest BCUT2D eigenvalue weighted by Gasteiger charge is -2.12. The molecular weight excluding hydrogens is 124 g/mol. The van der Waals surface area contributed by atoms with Crippen molar-refractivity contribution in [2.45, 2.75) is 39.2 Å². The maximum atomic E-state index is 9.07. The number of unbranched alkanes of at least 4 members (excludes halogenated alkanes) is 1. The predicted molar refractivity (Wildman–Crippen MR) is 43.5 cm³/mol. The summed E-state index contributed by atoms with van der Waals surface area (Å²) in [4.78, 5) is 0. The number of aliphatic hydroxyl groups is 1. The van der Waals surface area contributed by atoms with Gasteiger partial charge in [-0.25, -0.2) is 0 Å². The number of rotatable bonds is 4. The largest absolute Gasteiger partial charge is 0.393 e. The van der Waals surface area contributed by atoms with Gasteiger partial charge in [-0.2, -0.15) is 0 Å². The highest BCUT2D eigenvalue weighted by Crippen LogP contribution is 2.10. The van der Waals surface area contributed by atoms with Crippen LogP contribution in [0.1, 0.15) is 33.1 Å². The van der Waals surface area contributed by atoms with Crippen molar-refractivity contribution in [2.24, 2.45) is 5.92 Å². The van der Waals surface area contributed by atoms with Crippen LogP contribution in [0, 0.1) is 18.3 Å². The second-order valence-electron chi connectivity index (χ2n) is 2.81. The average Bonchev–Trinajstić information content (AvgIpc) is 1.88. The van der Waals surface area contributed by atoms with Crippen LogP contribution in [0.4, 0.5) is 0 Å². The number of terminal acetylenes is 1. The fourth-order valence-electron chi connectivity index (χ4n) is 0.767. The van der Waals surface area contributed by atoms with Crippen molar-refractivity contribution in [3.05, 3.63) is 0 Å². The Labute approximate surface area is 63.5 Å². The first-order valence-electron chi connectivity index (χ1n) is 3.80. The van der Waals surface area contributed by atoms with E-state index in [9.17, 15) is 0 Å². The summed E-state index contributed by atoms with van der Waals surface area (Å²) in [6.07, 6.45) is 7.77. The summed E-state index contributed by atoms with van der Waals surface area (Å²) in [5.74, 6) is 2.96. The summed E-state index contributed by atoms with van der Waals surface area (Å²) in [6, 6.07) is 0. The van der Waals surface area contributed by atoms with Crippen LogP contribution in [0.3, 0.4) is 0 Å². The highest BCUT2D eigenvalue weighted by atomic mass is 16.3. The fourth-order valence-corrected chi connectivity index (χ4v) is 0.767. The number of aliphatic hydroxyl groups excluding tert-OH is 1. The van der Waals surface area contributed by atoms with E-state index in [0.717, 1.165) is 19.3 Å². The Morgan fingerprint density at radius 2 is 2.10 bits per heavy atom. The molecule has 0 spiro atoms. The molecule has 0 aromatic carbocycles. The van der Waals surface area contributed by atoms with E-state index >= 15 is 0 Å². The Hall–Kier alpha value is -0.480. The SMILES string of the molecule is C#CCCCC(C)C(C)O. The quantitative estimate of drug-likeness (QED) is 0.466. The van der Waals surface area contributed by atoms with Crippen LogP contribution >= 0.6 is 0 Å². The van der Waals surface area contributed by atoms with Gasteiger partial charge in [0.2, 0.25) is 0 Å². The van der Waals surface area contributed by atoms with Gasteiger partial charge in [-0.05, 0) is 25.7 Å². The number of hydrogen-bond acceptors (Lipinski definition) is 1. The Kier molecular flexibility index (Phi) is 5.06. The molecule has 10 heavy (non-hydrogen) atoms. The highest BCUT2D eigenvalue weighted by molar-refractivity contribution is 4.83. The first-order valence-corrected chi connectivity index (χ1v) is 3.80. The minimum absolute atomic E-state index is 0.197. The lowest BCUT2D eigenvalue weighted by Crippen LogP contribution is -2.12. The molecule has 0 heterocycles. The molecule has 1 heteroatoms. The van der Waals surface area contributed by atoms with E-state index in [0.29, 0.717) is 5.92 Å². The summed E-state index contributed by atoms with van der Waals surface area (Å²) in [7, 11) is 0. The van der Waals surface area contributed by atoms with Gasteiger partial charge in [0, 0.05) is 6.42 Å². The van der Waals surface area contributed by atoms with Gasteiger partial charge < -0.3 is 5.11 Å². The van der Waals surface area contributed by atoms with E-state index < -0.39 is 0 Å². The molecule has 0 radical (unpaired) electrons. The van der Waals surface area contributed by atoms with E-state index in [1.54, 1.807) is 0 Å². The van der Waals surface area contributed by atoms with Crippen LogP contribution in [-0.4, -0.2) is 11.2 Å². The molecule has 58 valence electrons. The van der Waals surface area contributed by atoms with Crippen molar-refractivity contribution < 1.29 is 5.11 Å². The normalized spacial score (nSPS) is 15.8. The minimum Gasteiger partial charge on any atom is -0.393 e.